The molecule has 1 saturated heterocycles. The number of barbiturate groups is 1. The lowest BCUT2D eigenvalue weighted by Gasteiger charge is -2.22. The molecule has 2 aromatic rings. The first-order valence-corrected chi connectivity index (χ1v) is 8.08. The zero-order valence-electron chi connectivity index (χ0n) is 14.9. The third-order valence-corrected chi connectivity index (χ3v) is 4.43. The van der Waals surface area contributed by atoms with E-state index in [1.54, 1.807) is 31.2 Å². The van der Waals surface area contributed by atoms with E-state index in [4.69, 9.17) is 0 Å². The van der Waals surface area contributed by atoms with Crippen LogP contribution in [0.4, 0.5) is 4.79 Å². The second kappa shape index (κ2) is 6.56. The zero-order chi connectivity index (χ0) is 19.9. The van der Waals surface area contributed by atoms with E-state index < -0.39 is 23.8 Å². The highest BCUT2D eigenvalue weighted by Gasteiger charge is 2.33. The van der Waals surface area contributed by atoms with Gasteiger partial charge in [0, 0.05) is 24.1 Å². The number of urea groups is 1. The molecule has 0 saturated carbocycles. The molecule has 0 bridgehead atoms. The molecule has 0 aliphatic carbocycles. The maximum Gasteiger partial charge on any atom is 0.335 e. The molecule has 8 heteroatoms. The van der Waals surface area contributed by atoms with Crippen LogP contribution in [0.2, 0.25) is 0 Å². The first-order chi connectivity index (χ1) is 12.7. The minimum absolute atomic E-state index is 0.142. The summed E-state index contributed by atoms with van der Waals surface area (Å²) in [5, 5.41) is 11.3. The van der Waals surface area contributed by atoms with Gasteiger partial charge in [0.05, 0.1) is 5.56 Å². The zero-order valence-corrected chi connectivity index (χ0v) is 14.9. The molecular formula is C19H17N3O5. The Morgan fingerprint density at radius 2 is 1.85 bits per heavy atom. The van der Waals surface area contributed by atoms with Crippen molar-refractivity contribution in [2.45, 2.75) is 13.8 Å². The third kappa shape index (κ3) is 3.12. The Kier molecular flexibility index (Phi) is 4.40. The van der Waals surface area contributed by atoms with Crippen molar-refractivity contribution in [1.29, 1.82) is 0 Å². The number of rotatable bonds is 3. The van der Waals surface area contributed by atoms with Gasteiger partial charge >= 0.3 is 12.0 Å². The first-order valence-electron chi connectivity index (χ1n) is 8.08. The molecule has 8 nitrogen and oxygen atoms in total. The van der Waals surface area contributed by atoms with Crippen molar-refractivity contribution in [3.05, 3.63) is 58.4 Å². The van der Waals surface area contributed by atoms with Crippen LogP contribution < -0.4 is 5.32 Å². The van der Waals surface area contributed by atoms with Crippen molar-refractivity contribution in [2.75, 3.05) is 7.05 Å². The van der Waals surface area contributed by atoms with E-state index in [0.717, 1.165) is 16.3 Å². The van der Waals surface area contributed by atoms with Gasteiger partial charge in [-0.25, -0.2) is 9.59 Å². The standard InChI is InChI=1S/C19H17N3O5/c1-10-7-13(9-15-16(23)20-19(27)21(3)17(15)24)11(2)22(10)14-6-4-5-12(8-14)18(25)26/h4-9H,1-3H3,(H,25,26)(H,20,23,27)/b15-9-. The van der Waals surface area contributed by atoms with Crippen LogP contribution in [0.25, 0.3) is 11.8 Å². The fourth-order valence-electron chi connectivity index (χ4n) is 3.01. The van der Waals surface area contributed by atoms with Crippen LogP contribution in [0.5, 0.6) is 0 Å². The van der Waals surface area contributed by atoms with E-state index >= 15 is 0 Å². The van der Waals surface area contributed by atoms with Crippen molar-refractivity contribution in [2.24, 2.45) is 0 Å². The van der Waals surface area contributed by atoms with Crippen LogP contribution in [0.3, 0.4) is 0 Å². The maximum atomic E-state index is 12.2. The smallest absolute Gasteiger partial charge is 0.335 e. The van der Waals surface area contributed by atoms with Crippen molar-refractivity contribution in [3.8, 4) is 5.69 Å². The molecule has 1 aromatic carbocycles. The molecule has 0 spiro atoms. The monoisotopic (exact) mass is 367 g/mol. The van der Waals surface area contributed by atoms with Gasteiger partial charge in [-0.05, 0) is 49.8 Å². The number of hydrogen-bond acceptors (Lipinski definition) is 4. The van der Waals surface area contributed by atoms with Gasteiger partial charge in [0.15, 0.2) is 0 Å². The lowest BCUT2D eigenvalue weighted by Crippen LogP contribution is -2.52. The summed E-state index contributed by atoms with van der Waals surface area (Å²) >= 11 is 0. The SMILES string of the molecule is Cc1cc(/C=C2/C(=O)NC(=O)N(C)C2=O)c(C)n1-c1cccc(C(=O)O)c1. The lowest BCUT2D eigenvalue weighted by atomic mass is 10.1. The third-order valence-electron chi connectivity index (χ3n) is 4.43. The van der Waals surface area contributed by atoms with E-state index in [2.05, 4.69) is 5.32 Å². The quantitative estimate of drug-likeness (QED) is 0.636. The summed E-state index contributed by atoms with van der Waals surface area (Å²) in [7, 11) is 1.29. The van der Waals surface area contributed by atoms with Crippen LogP contribution >= 0.6 is 0 Å². The van der Waals surface area contributed by atoms with Gasteiger partial charge in [-0.2, -0.15) is 0 Å². The number of imide groups is 2. The minimum Gasteiger partial charge on any atom is -0.478 e. The Labute approximate surface area is 154 Å². The summed E-state index contributed by atoms with van der Waals surface area (Å²) in [6.07, 6.45) is 1.43. The number of nitrogens with zero attached hydrogens (tertiary/aromatic N) is 2. The molecular weight excluding hydrogens is 350 g/mol. The highest BCUT2D eigenvalue weighted by Crippen LogP contribution is 2.24. The number of carboxylic acid groups (broad SMARTS) is 1. The summed E-state index contributed by atoms with van der Waals surface area (Å²) in [5.74, 6) is -2.46. The second-order valence-electron chi connectivity index (χ2n) is 6.20. The highest BCUT2D eigenvalue weighted by atomic mass is 16.4. The van der Waals surface area contributed by atoms with Gasteiger partial charge in [-0.3, -0.25) is 19.8 Å². The highest BCUT2D eigenvalue weighted by molar-refractivity contribution is 6.30. The number of carbonyl (C=O) groups is 4. The number of nitrogens with one attached hydrogen (secondary N) is 1. The van der Waals surface area contributed by atoms with Crippen molar-refractivity contribution >= 4 is 29.9 Å². The van der Waals surface area contributed by atoms with Gasteiger partial charge in [0.2, 0.25) is 0 Å². The average Bonchev–Trinajstić information content (AvgIpc) is 2.90. The van der Waals surface area contributed by atoms with Crippen LogP contribution in [-0.2, 0) is 9.59 Å². The number of aryl methyl sites for hydroxylation is 1. The normalized spacial score (nSPS) is 16.0. The molecule has 2 heterocycles. The Bertz CT molecular complexity index is 1030. The molecule has 0 radical (unpaired) electrons. The van der Waals surface area contributed by atoms with E-state index in [1.807, 2.05) is 11.5 Å². The van der Waals surface area contributed by atoms with E-state index in [1.165, 1.54) is 19.2 Å². The van der Waals surface area contributed by atoms with Gasteiger partial charge in [-0.15, -0.1) is 0 Å². The number of carboxylic acids is 1. The van der Waals surface area contributed by atoms with Crippen molar-refractivity contribution in [1.82, 2.24) is 14.8 Å². The molecule has 4 amide bonds. The molecule has 1 aliphatic heterocycles. The largest absolute Gasteiger partial charge is 0.478 e. The van der Waals surface area contributed by atoms with E-state index in [-0.39, 0.29) is 11.1 Å². The number of amides is 4. The van der Waals surface area contributed by atoms with Crippen LogP contribution in [-0.4, -0.2) is 45.4 Å². The number of hydrogen-bond donors (Lipinski definition) is 2. The Morgan fingerprint density at radius 1 is 1.15 bits per heavy atom. The molecule has 0 atom stereocenters. The molecule has 1 fully saturated rings. The van der Waals surface area contributed by atoms with Crippen molar-refractivity contribution in [3.63, 3.8) is 0 Å². The van der Waals surface area contributed by atoms with Gasteiger partial charge in [0.25, 0.3) is 11.8 Å². The van der Waals surface area contributed by atoms with Gasteiger partial charge < -0.3 is 9.67 Å². The molecule has 138 valence electrons. The Morgan fingerprint density at radius 3 is 2.52 bits per heavy atom. The number of aromatic nitrogens is 1. The van der Waals surface area contributed by atoms with Gasteiger partial charge in [0.1, 0.15) is 5.57 Å². The van der Waals surface area contributed by atoms with Crippen LogP contribution in [0, 0.1) is 13.8 Å². The Balaban J connectivity index is 2.08. The molecule has 27 heavy (non-hydrogen) atoms. The summed E-state index contributed by atoms with van der Waals surface area (Å²) in [6, 6.07) is 7.48. The average molecular weight is 367 g/mol. The van der Waals surface area contributed by atoms with E-state index in [9.17, 15) is 24.3 Å². The fraction of sp³-hybridized carbons (Fsp3) is 0.158. The summed E-state index contributed by atoms with van der Waals surface area (Å²) in [5.41, 5.74) is 2.81. The number of benzene rings is 1. The summed E-state index contributed by atoms with van der Waals surface area (Å²) < 4.78 is 1.83. The number of aromatic carboxylic acids is 1. The van der Waals surface area contributed by atoms with Crippen molar-refractivity contribution < 1.29 is 24.3 Å². The first kappa shape index (κ1) is 18.1. The molecule has 0 unspecified atom stereocenters. The topological polar surface area (TPSA) is 109 Å². The van der Waals surface area contributed by atoms with E-state index in [0.29, 0.717) is 11.3 Å². The number of likely N-dealkylation sites (N-methyl/N-ethyl adjacent to an activating group) is 1. The molecule has 3 rings (SSSR count). The number of carbonyl (C=O) groups excluding carboxylic acids is 3. The molecule has 2 N–H and O–H groups in total. The maximum absolute atomic E-state index is 12.2. The fourth-order valence-corrected chi connectivity index (χ4v) is 3.01. The van der Waals surface area contributed by atoms with Gasteiger partial charge in [-0.1, -0.05) is 6.07 Å². The predicted octanol–water partition coefficient (Wildman–Crippen LogP) is 1.88. The van der Waals surface area contributed by atoms with Crippen LogP contribution in [0.15, 0.2) is 35.9 Å². The summed E-state index contributed by atoms with van der Waals surface area (Å²) in [4.78, 5) is 47.8. The minimum atomic E-state index is -1.03. The molecule has 1 aromatic heterocycles. The Hall–Kier alpha value is -3.68. The summed E-state index contributed by atoms with van der Waals surface area (Å²) in [6.45, 7) is 3.63. The van der Waals surface area contributed by atoms with Crippen LogP contribution in [0.1, 0.15) is 27.3 Å². The lowest BCUT2D eigenvalue weighted by molar-refractivity contribution is -0.129. The second-order valence-corrected chi connectivity index (χ2v) is 6.20. The molecule has 1 aliphatic rings. The predicted molar refractivity (Wildman–Crippen MR) is 96.5 cm³/mol.